The van der Waals surface area contributed by atoms with Gasteiger partial charge < -0.3 is 14.4 Å². The van der Waals surface area contributed by atoms with E-state index in [1.54, 1.807) is 23.1 Å². The molecule has 0 radical (unpaired) electrons. The first-order chi connectivity index (χ1) is 14.1. The van der Waals surface area contributed by atoms with E-state index in [4.69, 9.17) is 32.7 Å². The van der Waals surface area contributed by atoms with Crippen molar-refractivity contribution < 1.29 is 19.1 Å². The SMILES string of the molecule is CC(C)(C)OC(=O)N1CCc2cc(CC(=O)OCc3cc(Cl)cc(Cl)c3)ccc2C1. The number of esters is 1. The molecule has 30 heavy (non-hydrogen) atoms. The molecule has 1 amide bonds. The maximum atomic E-state index is 12.3. The number of rotatable bonds is 4. The monoisotopic (exact) mass is 449 g/mol. The van der Waals surface area contributed by atoms with Crippen LogP contribution in [0.3, 0.4) is 0 Å². The zero-order chi connectivity index (χ0) is 21.9. The van der Waals surface area contributed by atoms with E-state index in [-0.39, 0.29) is 25.1 Å². The van der Waals surface area contributed by atoms with Gasteiger partial charge in [0.05, 0.1) is 6.42 Å². The summed E-state index contributed by atoms with van der Waals surface area (Å²) in [7, 11) is 0. The van der Waals surface area contributed by atoms with Gasteiger partial charge in [0.1, 0.15) is 12.2 Å². The second kappa shape index (κ2) is 9.27. The molecule has 1 heterocycles. The molecule has 1 aliphatic rings. The maximum Gasteiger partial charge on any atom is 0.410 e. The van der Waals surface area contributed by atoms with Crippen LogP contribution in [0, 0.1) is 0 Å². The molecule has 0 aromatic heterocycles. The topological polar surface area (TPSA) is 55.8 Å². The van der Waals surface area contributed by atoms with Gasteiger partial charge >= 0.3 is 12.1 Å². The fourth-order valence-electron chi connectivity index (χ4n) is 3.27. The molecule has 1 aliphatic heterocycles. The van der Waals surface area contributed by atoms with E-state index in [2.05, 4.69) is 0 Å². The van der Waals surface area contributed by atoms with E-state index in [1.165, 1.54) is 0 Å². The molecule has 0 atom stereocenters. The van der Waals surface area contributed by atoms with Crippen molar-refractivity contribution in [3.05, 3.63) is 68.7 Å². The zero-order valence-electron chi connectivity index (χ0n) is 17.3. The minimum Gasteiger partial charge on any atom is -0.461 e. The Bertz CT molecular complexity index is 932. The van der Waals surface area contributed by atoms with Gasteiger partial charge in [0, 0.05) is 23.1 Å². The van der Waals surface area contributed by atoms with E-state index in [0.29, 0.717) is 23.1 Å². The van der Waals surface area contributed by atoms with Gasteiger partial charge in [0.15, 0.2) is 0 Å². The molecule has 0 aliphatic carbocycles. The Kier molecular flexibility index (Phi) is 6.94. The second-order valence-corrected chi connectivity index (χ2v) is 9.24. The number of benzene rings is 2. The third kappa shape index (κ3) is 6.38. The molecule has 0 N–H and O–H groups in total. The molecular weight excluding hydrogens is 425 g/mol. The zero-order valence-corrected chi connectivity index (χ0v) is 18.8. The van der Waals surface area contributed by atoms with Crippen molar-refractivity contribution >= 4 is 35.3 Å². The summed E-state index contributed by atoms with van der Waals surface area (Å²) in [6, 6.07) is 10.9. The van der Waals surface area contributed by atoms with Crippen LogP contribution in [0.2, 0.25) is 10.0 Å². The van der Waals surface area contributed by atoms with Gasteiger partial charge in [0.25, 0.3) is 0 Å². The van der Waals surface area contributed by atoms with Gasteiger partial charge in [-0.3, -0.25) is 4.79 Å². The molecular formula is C23H25Cl2NO4. The summed E-state index contributed by atoms with van der Waals surface area (Å²) in [4.78, 5) is 26.2. The van der Waals surface area contributed by atoms with E-state index in [0.717, 1.165) is 28.7 Å². The molecule has 7 heteroatoms. The normalized spacial score (nSPS) is 13.6. The highest BCUT2D eigenvalue weighted by atomic mass is 35.5. The predicted molar refractivity (Wildman–Crippen MR) is 117 cm³/mol. The van der Waals surface area contributed by atoms with Gasteiger partial charge in [-0.25, -0.2) is 4.79 Å². The van der Waals surface area contributed by atoms with Crippen molar-refractivity contribution in [2.45, 2.75) is 52.4 Å². The number of nitrogens with zero attached hydrogens (tertiary/aromatic N) is 1. The van der Waals surface area contributed by atoms with Gasteiger partial charge in [0.2, 0.25) is 0 Å². The smallest absolute Gasteiger partial charge is 0.410 e. The molecule has 160 valence electrons. The number of hydrogen-bond donors (Lipinski definition) is 0. The second-order valence-electron chi connectivity index (χ2n) is 8.37. The Morgan fingerprint density at radius 2 is 1.70 bits per heavy atom. The Morgan fingerprint density at radius 3 is 2.37 bits per heavy atom. The summed E-state index contributed by atoms with van der Waals surface area (Å²) in [6.45, 7) is 6.78. The standard InChI is InChI=1S/C23H25Cl2NO4/c1-23(2,3)30-22(28)26-7-6-17-8-15(4-5-18(17)13-26)11-21(27)29-14-16-9-19(24)12-20(25)10-16/h4-5,8-10,12H,6-7,11,13-14H2,1-3H3. The van der Waals surface area contributed by atoms with Crippen LogP contribution in [0.5, 0.6) is 0 Å². The summed E-state index contributed by atoms with van der Waals surface area (Å²) in [5.74, 6) is -0.322. The number of hydrogen-bond acceptors (Lipinski definition) is 4. The number of carbonyl (C=O) groups excluding carboxylic acids is 2. The number of carbonyl (C=O) groups is 2. The minimum atomic E-state index is -0.516. The molecule has 0 saturated carbocycles. The van der Waals surface area contributed by atoms with Crippen molar-refractivity contribution in [2.75, 3.05) is 6.54 Å². The minimum absolute atomic E-state index is 0.120. The molecule has 2 aromatic carbocycles. The maximum absolute atomic E-state index is 12.3. The molecule has 0 unspecified atom stereocenters. The van der Waals surface area contributed by atoms with Crippen LogP contribution in [0.4, 0.5) is 4.79 Å². The summed E-state index contributed by atoms with van der Waals surface area (Å²) in [5.41, 5.74) is 3.32. The number of fused-ring (bicyclic) bond motifs is 1. The molecule has 5 nitrogen and oxygen atoms in total. The van der Waals surface area contributed by atoms with Crippen LogP contribution in [0.25, 0.3) is 0 Å². The molecule has 0 saturated heterocycles. The lowest BCUT2D eigenvalue weighted by atomic mass is 9.96. The van der Waals surface area contributed by atoms with E-state index >= 15 is 0 Å². The van der Waals surface area contributed by atoms with Crippen molar-refractivity contribution in [2.24, 2.45) is 0 Å². The van der Waals surface area contributed by atoms with Crippen molar-refractivity contribution in [1.82, 2.24) is 4.90 Å². The van der Waals surface area contributed by atoms with Gasteiger partial charge in [-0.2, -0.15) is 0 Å². The lowest BCUT2D eigenvalue weighted by molar-refractivity contribution is -0.144. The summed E-state index contributed by atoms with van der Waals surface area (Å²) >= 11 is 11.9. The van der Waals surface area contributed by atoms with Gasteiger partial charge in [-0.1, -0.05) is 41.4 Å². The Hall–Kier alpha value is -2.24. The highest BCUT2D eigenvalue weighted by Crippen LogP contribution is 2.23. The average molecular weight is 450 g/mol. The largest absolute Gasteiger partial charge is 0.461 e. The molecule has 2 aromatic rings. The van der Waals surface area contributed by atoms with Crippen LogP contribution in [-0.4, -0.2) is 29.1 Å². The molecule has 0 fully saturated rings. The van der Waals surface area contributed by atoms with Crippen LogP contribution >= 0.6 is 23.2 Å². The molecule has 0 spiro atoms. The van der Waals surface area contributed by atoms with Gasteiger partial charge in [-0.05, 0) is 67.6 Å². The first-order valence-corrected chi connectivity index (χ1v) is 10.5. The first-order valence-electron chi connectivity index (χ1n) is 9.78. The number of amides is 1. The van der Waals surface area contributed by atoms with E-state index < -0.39 is 5.60 Å². The summed E-state index contributed by atoms with van der Waals surface area (Å²) in [6.07, 6.45) is 0.595. The molecule has 0 bridgehead atoms. The summed E-state index contributed by atoms with van der Waals surface area (Å²) in [5, 5.41) is 1.01. The molecule has 3 rings (SSSR count). The third-order valence-corrected chi connectivity index (χ3v) is 5.04. The Labute approximate surface area is 186 Å². The van der Waals surface area contributed by atoms with Gasteiger partial charge in [-0.15, -0.1) is 0 Å². The first kappa shape index (κ1) is 22.4. The number of halogens is 2. The quantitative estimate of drug-likeness (QED) is 0.572. The fraction of sp³-hybridized carbons (Fsp3) is 0.391. The lowest BCUT2D eigenvalue weighted by Crippen LogP contribution is -2.39. The Morgan fingerprint density at radius 1 is 1.00 bits per heavy atom. The summed E-state index contributed by atoms with van der Waals surface area (Å²) < 4.78 is 10.8. The number of ether oxygens (including phenoxy) is 2. The van der Waals surface area contributed by atoms with E-state index in [1.807, 2.05) is 39.0 Å². The predicted octanol–water partition coefficient (Wildman–Crippen LogP) is 5.57. The average Bonchev–Trinajstić information content (AvgIpc) is 2.64. The van der Waals surface area contributed by atoms with Crippen molar-refractivity contribution in [3.8, 4) is 0 Å². The highest BCUT2D eigenvalue weighted by molar-refractivity contribution is 6.34. The van der Waals surface area contributed by atoms with Crippen molar-refractivity contribution in [1.29, 1.82) is 0 Å². The van der Waals surface area contributed by atoms with E-state index in [9.17, 15) is 9.59 Å². The Balaban J connectivity index is 1.56. The fourth-order valence-corrected chi connectivity index (χ4v) is 3.85. The lowest BCUT2D eigenvalue weighted by Gasteiger charge is -2.31. The van der Waals surface area contributed by atoms with Crippen LogP contribution in [0.15, 0.2) is 36.4 Å². The van der Waals surface area contributed by atoms with Crippen LogP contribution in [-0.2, 0) is 40.3 Å². The third-order valence-electron chi connectivity index (χ3n) is 4.61. The van der Waals surface area contributed by atoms with Crippen LogP contribution < -0.4 is 0 Å². The van der Waals surface area contributed by atoms with Crippen LogP contribution in [0.1, 0.15) is 43.0 Å². The highest BCUT2D eigenvalue weighted by Gasteiger charge is 2.25. The van der Waals surface area contributed by atoms with Crippen molar-refractivity contribution in [3.63, 3.8) is 0 Å².